The van der Waals surface area contributed by atoms with Crippen molar-refractivity contribution in [3.63, 3.8) is 0 Å². The molecule has 4 N–H and O–H groups in total. The van der Waals surface area contributed by atoms with E-state index in [1.807, 2.05) is 23.1 Å². The normalized spacial score (nSPS) is 16.2. The standard InChI is InChI=1S/C26H34N6O3S/c1-3-13-32(22-5-4-20-10-14-31(26(28)29)18-21(20)17-22)36(33,34)25-8-6-23(7-9-25)35-24-11-15-30(16-12-24)19(2)27/h3-9,17,24,27H,1,10-16,18H2,2H3,(H3,28,29). The highest BCUT2D eigenvalue weighted by Gasteiger charge is 2.27. The lowest BCUT2D eigenvalue weighted by atomic mass is 9.99. The number of nitrogens with two attached hydrogens (primary N) is 1. The first-order valence-corrected chi connectivity index (χ1v) is 13.5. The zero-order chi connectivity index (χ0) is 25.9. The summed E-state index contributed by atoms with van der Waals surface area (Å²) in [4.78, 5) is 3.98. The van der Waals surface area contributed by atoms with Gasteiger partial charge in [0.05, 0.1) is 23.0 Å². The van der Waals surface area contributed by atoms with Gasteiger partial charge in [-0.05, 0) is 60.9 Å². The van der Waals surface area contributed by atoms with Crippen molar-refractivity contribution in [2.24, 2.45) is 5.73 Å². The number of benzene rings is 2. The molecule has 0 aliphatic carbocycles. The average Bonchev–Trinajstić information content (AvgIpc) is 2.87. The molecule has 2 aromatic carbocycles. The number of sulfonamides is 1. The number of nitrogens with one attached hydrogen (secondary N) is 2. The SMILES string of the molecule is C=CCN(c1ccc2c(c1)CN(C(=N)N)CC2)S(=O)(=O)c1ccc(OC2CCN(C(C)=N)CC2)cc1. The van der Waals surface area contributed by atoms with Crippen LogP contribution in [0.25, 0.3) is 0 Å². The number of amidine groups is 1. The van der Waals surface area contributed by atoms with E-state index in [-0.39, 0.29) is 23.5 Å². The Morgan fingerprint density at radius 2 is 1.81 bits per heavy atom. The molecule has 0 aromatic heterocycles. The van der Waals surface area contributed by atoms with Gasteiger partial charge in [0.1, 0.15) is 11.9 Å². The van der Waals surface area contributed by atoms with E-state index in [1.54, 1.807) is 42.2 Å². The Morgan fingerprint density at radius 1 is 1.11 bits per heavy atom. The largest absolute Gasteiger partial charge is 0.490 e. The van der Waals surface area contributed by atoms with E-state index >= 15 is 0 Å². The van der Waals surface area contributed by atoms with Gasteiger partial charge >= 0.3 is 0 Å². The molecule has 0 radical (unpaired) electrons. The minimum Gasteiger partial charge on any atom is -0.490 e. The second kappa shape index (κ2) is 10.6. The van der Waals surface area contributed by atoms with Crippen molar-refractivity contribution in [3.8, 4) is 5.75 Å². The van der Waals surface area contributed by atoms with Crippen molar-refractivity contribution < 1.29 is 13.2 Å². The maximum absolute atomic E-state index is 13.6. The number of ether oxygens (including phenoxy) is 1. The molecule has 0 bridgehead atoms. The molecule has 4 rings (SSSR count). The summed E-state index contributed by atoms with van der Waals surface area (Å²) in [5.41, 5.74) is 8.32. The first-order valence-electron chi connectivity index (χ1n) is 12.1. The Hall–Kier alpha value is -3.53. The number of anilines is 1. The van der Waals surface area contributed by atoms with Gasteiger partial charge in [0.15, 0.2) is 5.96 Å². The van der Waals surface area contributed by atoms with E-state index < -0.39 is 10.0 Å². The molecular weight excluding hydrogens is 476 g/mol. The number of likely N-dealkylation sites (tertiary alicyclic amines) is 1. The first-order chi connectivity index (χ1) is 17.2. The van der Waals surface area contributed by atoms with Crippen LogP contribution < -0.4 is 14.8 Å². The fourth-order valence-corrected chi connectivity index (χ4v) is 6.11. The van der Waals surface area contributed by atoms with Crippen LogP contribution in [0.1, 0.15) is 30.9 Å². The quantitative estimate of drug-likeness (QED) is 0.298. The summed E-state index contributed by atoms with van der Waals surface area (Å²) in [6.45, 7) is 8.40. The number of piperidine rings is 1. The Kier molecular flexibility index (Phi) is 7.53. The lowest BCUT2D eigenvalue weighted by molar-refractivity contribution is 0.130. The first kappa shape index (κ1) is 25.6. The third-order valence-electron chi connectivity index (χ3n) is 6.76. The van der Waals surface area contributed by atoms with Gasteiger partial charge in [-0.2, -0.15) is 0 Å². The Balaban J connectivity index is 1.51. The molecule has 2 aliphatic heterocycles. The van der Waals surface area contributed by atoms with Crippen molar-refractivity contribution in [1.82, 2.24) is 9.80 Å². The second-order valence-electron chi connectivity index (χ2n) is 9.20. The Morgan fingerprint density at radius 3 is 2.42 bits per heavy atom. The van der Waals surface area contributed by atoms with Crippen LogP contribution in [-0.4, -0.2) is 62.3 Å². The van der Waals surface area contributed by atoms with E-state index in [2.05, 4.69) is 6.58 Å². The summed E-state index contributed by atoms with van der Waals surface area (Å²) in [5.74, 6) is 1.22. The van der Waals surface area contributed by atoms with Crippen LogP contribution in [0.5, 0.6) is 5.75 Å². The van der Waals surface area contributed by atoms with Gasteiger partial charge in [-0.15, -0.1) is 6.58 Å². The zero-order valence-corrected chi connectivity index (χ0v) is 21.4. The van der Waals surface area contributed by atoms with Gasteiger partial charge in [-0.1, -0.05) is 12.1 Å². The van der Waals surface area contributed by atoms with Crippen LogP contribution in [0, 0.1) is 10.8 Å². The molecule has 192 valence electrons. The fourth-order valence-electron chi connectivity index (χ4n) is 4.68. The summed E-state index contributed by atoms with van der Waals surface area (Å²) in [6, 6.07) is 12.2. The highest BCUT2D eigenvalue weighted by molar-refractivity contribution is 7.92. The van der Waals surface area contributed by atoms with Crippen molar-refractivity contribution in [3.05, 3.63) is 66.2 Å². The van der Waals surface area contributed by atoms with Crippen molar-refractivity contribution in [1.29, 1.82) is 10.8 Å². The van der Waals surface area contributed by atoms with Crippen molar-refractivity contribution in [2.45, 2.75) is 43.7 Å². The van der Waals surface area contributed by atoms with E-state index in [4.69, 9.17) is 21.3 Å². The molecule has 36 heavy (non-hydrogen) atoms. The van der Waals surface area contributed by atoms with Crippen LogP contribution in [0.2, 0.25) is 0 Å². The van der Waals surface area contributed by atoms with Crippen LogP contribution in [-0.2, 0) is 23.0 Å². The van der Waals surface area contributed by atoms with Gasteiger partial charge in [0, 0.05) is 39.0 Å². The molecule has 0 atom stereocenters. The minimum absolute atomic E-state index is 0.0133. The molecule has 0 saturated carbocycles. The number of nitrogens with zero attached hydrogens (tertiary/aromatic N) is 3. The Labute approximate surface area is 213 Å². The minimum atomic E-state index is -3.84. The lowest BCUT2D eigenvalue weighted by Gasteiger charge is -2.32. The summed E-state index contributed by atoms with van der Waals surface area (Å²) in [5, 5.41) is 15.5. The fraction of sp³-hybridized carbons (Fsp3) is 0.385. The number of guanidine groups is 1. The third-order valence-corrected chi connectivity index (χ3v) is 8.56. The van der Waals surface area contributed by atoms with E-state index in [0.717, 1.165) is 43.5 Å². The molecule has 10 heteroatoms. The predicted molar refractivity (Wildman–Crippen MR) is 142 cm³/mol. The molecule has 2 heterocycles. The van der Waals surface area contributed by atoms with E-state index in [9.17, 15) is 8.42 Å². The molecule has 0 spiro atoms. The van der Waals surface area contributed by atoms with E-state index in [1.165, 1.54) is 4.31 Å². The molecule has 2 aliphatic rings. The maximum Gasteiger partial charge on any atom is 0.264 e. The third kappa shape index (κ3) is 5.48. The topological polar surface area (TPSA) is 127 Å². The molecule has 1 fully saturated rings. The second-order valence-corrected chi connectivity index (χ2v) is 11.1. The van der Waals surface area contributed by atoms with Gasteiger partial charge in [-0.3, -0.25) is 15.1 Å². The van der Waals surface area contributed by atoms with Crippen LogP contribution in [0.4, 0.5) is 5.69 Å². The highest BCUT2D eigenvalue weighted by atomic mass is 32.2. The molecule has 0 amide bonds. The number of fused-ring (bicyclic) bond motifs is 1. The van der Waals surface area contributed by atoms with Gasteiger partial charge in [0.25, 0.3) is 10.0 Å². The van der Waals surface area contributed by atoms with E-state index in [0.29, 0.717) is 30.4 Å². The summed E-state index contributed by atoms with van der Waals surface area (Å²) in [7, 11) is -3.84. The summed E-state index contributed by atoms with van der Waals surface area (Å²) >= 11 is 0. The van der Waals surface area contributed by atoms with Gasteiger partial charge < -0.3 is 20.3 Å². The van der Waals surface area contributed by atoms with Crippen LogP contribution in [0.3, 0.4) is 0 Å². The molecular formula is C26H34N6O3S. The average molecular weight is 511 g/mol. The highest BCUT2D eigenvalue weighted by Crippen LogP contribution is 2.30. The van der Waals surface area contributed by atoms with Crippen molar-refractivity contribution in [2.75, 3.05) is 30.5 Å². The smallest absolute Gasteiger partial charge is 0.264 e. The molecule has 9 nitrogen and oxygen atoms in total. The summed E-state index contributed by atoms with van der Waals surface area (Å²) in [6.07, 6.45) is 4.01. The number of rotatable bonds is 7. The molecule has 2 aromatic rings. The number of hydrogen-bond donors (Lipinski definition) is 3. The van der Waals surface area contributed by atoms with Crippen LogP contribution >= 0.6 is 0 Å². The van der Waals surface area contributed by atoms with Gasteiger partial charge in [0.2, 0.25) is 0 Å². The van der Waals surface area contributed by atoms with Crippen LogP contribution in [0.15, 0.2) is 60.0 Å². The monoisotopic (exact) mass is 510 g/mol. The molecule has 0 unspecified atom stereocenters. The zero-order valence-electron chi connectivity index (χ0n) is 20.6. The van der Waals surface area contributed by atoms with Crippen molar-refractivity contribution >= 4 is 27.5 Å². The Bertz CT molecular complexity index is 1240. The number of hydrogen-bond acceptors (Lipinski definition) is 5. The summed E-state index contributed by atoms with van der Waals surface area (Å²) < 4.78 is 34.7. The van der Waals surface area contributed by atoms with Gasteiger partial charge in [-0.25, -0.2) is 8.42 Å². The lowest BCUT2D eigenvalue weighted by Crippen LogP contribution is -2.40. The molecule has 1 saturated heterocycles. The predicted octanol–water partition coefficient (Wildman–Crippen LogP) is 3.16. The maximum atomic E-state index is 13.6.